The summed E-state index contributed by atoms with van der Waals surface area (Å²) in [6, 6.07) is 5.89. The summed E-state index contributed by atoms with van der Waals surface area (Å²) in [5, 5.41) is 3.13. The van der Waals surface area contributed by atoms with E-state index < -0.39 is 0 Å². The molecule has 2 heterocycles. The lowest BCUT2D eigenvalue weighted by Gasteiger charge is -2.13. The van der Waals surface area contributed by atoms with E-state index in [0.29, 0.717) is 11.7 Å². The minimum absolute atomic E-state index is 0.352. The van der Waals surface area contributed by atoms with Crippen molar-refractivity contribution in [3.8, 4) is 11.5 Å². The number of rotatable bonds is 3. The van der Waals surface area contributed by atoms with E-state index in [4.69, 9.17) is 0 Å². The molecule has 0 aliphatic heterocycles. The molecule has 0 saturated carbocycles. The van der Waals surface area contributed by atoms with Crippen molar-refractivity contribution in [1.82, 2.24) is 15.0 Å². The number of pyridine rings is 1. The molecule has 0 radical (unpaired) electrons. The van der Waals surface area contributed by atoms with Crippen LogP contribution in [0.3, 0.4) is 0 Å². The molecule has 0 amide bonds. The molecule has 0 spiro atoms. The lowest BCUT2D eigenvalue weighted by atomic mass is 10.1. The summed E-state index contributed by atoms with van der Waals surface area (Å²) in [6.07, 6.45) is 0. The van der Waals surface area contributed by atoms with Gasteiger partial charge < -0.3 is 5.32 Å². The first-order valence-corrected chi connectivity index (χ1v) is 7.30. The smallest absolute Gasteiger partial charge is 0.180 e. The third-order valence-corrected chi connectivity index (χ3v) is 3.84. The van der Waals surface area contributed by atoms with E-state index in [0.717, 1.165) is 26.5 Å². The van der Waals surface area contributed by atoms with Crippen LogP contribution in [0.25, 0.3) is 11.5 Å². The minimum Gasteiger partial charge on any atom is -0.372 e. The number of anilines is 1. The van der Waals surface area contributed by atoms with Crippen molar-refractivity contribution in [2.75, 3.05) is 12.4 Å². The Bertz CT molecular complexity index is 596. The van der Waals surface area contributed by atoms with E-state index in [9.17, 15) is 0 Å². The van der Waals surface area contributed by atoms with Crippen LogP contribution in [0, 0.1) is 10.5 Å². The van der Waals surface area contributed by atoms with Gasteiger partial charge in [-0.2, -0.15) is 0 Å². The molecule has 0 aromatic carbocycles. The van der Waals surface area contributed by atoms with Gasteiger partial charge in [0.2, 0.25) is 0 Å². The lowest BCUT2D eigenvalue weighted by Crippen LogP contribution is -2.07. The number of aromatic nitrogens is 3. The first-order chi connectivity index (χ1) is 9.02. The maximum absolute atomic E-state index is 4.67. The largest absolute Gasteiger partial charge is 0.372 e. The van der Waals surface area contributed by atoms with E-state index in [-0.39, 0.29) is 0 Å². The van der Waals surface area contributed by atoms with E-state index in [1.54, 1.807) is 0 Å². The molecule has 0 fully saturated rings. The third kappa shape index (κ3) is 3.02. The number of aryl methyl sites for hydroxylation is 1. The van der Waals surface area contributed by atoms with Crippen molar-refractivity contribution in [3.05, 3.63) is 33.2 Å². The van der Waals surface area contributed by atoms with Crippen molar-refractivity contribution >= 4 is 28.4 Å². The van der Waals surface area contributed by atoms with Crippen LogP contribution in [0.15, 0.2) is 18.2 Å². The predicted molar refractivity (Wildman–Crippen MR) is 86.4 cm³/mol. The van der Waals surface area contributed by atoms with Crippen molar-refractivity contribution in [2.45, 2.75) is 26.7 Å². The average Bonchev–Trinajstić information content (AvgIpc) is 2.38. The molecule has 2 aromatic heterocycles. The maximum Gasteiger partial charge on any atom is 0.180 e. The first kappa shape index (κ1) is 14.2. The second kappa shape index (κ2) is 5.81. The van der Waals surface area contributed by atoms with Gasteiger partial charge in [0.25, 0.3) is 0 Å². The van der Waals surface area contributed by atoms with Crippen LogP contribution >= 0.6 is 22.6 Å². The number of nitrogens with one attached hydrogen (secondary N) is 1. The standard InChI is InChI=1S/C14H17IN4/c1-8(2)12-11(15)14(16-4)19-13(18-12)10-7-5-6-9(3)17-10/h5-8H,1-4H3,(H,16,18,19). The van der Waals surface area contributed by atoms with Crippen LogP contribution in [0.1, 0.15) is 31.2 Å². The Hall–Kier alpha value is -1.24. The minimum atomic E-state index is 0.352. The normalized spacial score (nSPS) is 10.8. The van der Waals surface area contributed by atoms with Crippen molar-refractivity contribution in [3.63, 3.8) is 0 Å². The molecule has 0 saturated heterocycles. The number of hydrogen-bond donors (Lipinski definition) is 1. The van der Waals surface area contributed by atoms with Gasteiger partial charge in [0.05, 0.1) is 9.26 Å². The van der Waals surface area contributed by atoms with E-state index >= 15 is 0 Å². The molecular formula is C14H17IN4. The Morgan fingerprint density at radius 3 is 2.47 bits per heavy atom. The monoisotopic (exact) mass is 368 g/mol. The Balaban J connectivity index is 2.61. The van der Waals surface area contributed by atoms with Crippen LogP contribution in [-0.4, -0.2) is 22.0 Å². The van der Waals surface area contributed by atoms with Crippen LogP contribution in [0.5, 0.6) is 0 Å². The summed E-state index contributed by atoms with van der Waals surface area (Å²) in [5.74, 6) is 1.89. The van der Waals surface area contributed by atoms with Gasteiger partial charge in [-0.1, -0.05) is 19.9 Å². The van der Waals surface area contributed by atoms with Crippen LogP contribution in [0.4, 0.5) is 5.82 Å². The molecule has 0 aliphatic carbocycles. The van der Waals surface area contributed by atoms with E-state index in [2.05, 4.69) is 56.7 Å². The van der Waals surface area contributed by atoms with Gasteiger partial charge in [0, 0.05) is 12.7 Å². The molecule has 1 N–H and O–H groups in total. The molecule has 0 unspecified atom stereocenters. The Kier molecular flexibility index (Phi) is 4.34. The topological polar surface area (TPSA) is 50.7 Å². The highest BCUT2D eigenvalue weighted by Gasteiger charge is 2.15. The van der Waals surface area contributed by atoms with Crippen molar-refractivity contribution in [1.29, 1.82) is 0 Å². The maximum atomic E-state index is 4.67. The van der Waals surface area contributed by atoms with Crippen molar-refractivity contribution in [2.24, 2.45) is 0 Å². The fourth-order valence-electron chi connectivity index (χ4n) is 1.79. The zero-order chi connectivity index (χ0) is 14.0. The molecule has 100 valence electrons. The van der Waals surface area contributed by atoms with Gasteiger partial charge in [-0.25, -0.2) is 15.0 Å². The Morgan fingerprint density at radius 1 is 1.16 bits per heavy atom. The Morgan fingerprint density at radius 2 is 1.89 bits per heavy atom. The highest BCUT2D eigenvalue weighted by molar-refractivity contribution is 14.1. The highest BCUT2D eigenvalue weighted by atomic mass is 127. The average molecular weight is 368 g/mol. The van der Waals surface area contributed by atoms with Crippen LogP contribution in [0.2, 0.25) is 0 Å². The number of halogens is 1. The predicted octanol–water partition coefficient (Wildman–Crippen LogP) is 3.62. The quantitative estimate of drug-likeness (QED) is 0.841. The van der Waals surface area contributed by atoms with Crippen molar-refractivity contribution < 1.29 is 0 Å². The van der Waals surface area contributed by atoms with E-state index in [1.165, 1.54) is 0 Å². The molecule has 4 nitrogen and oxygen atoms in total. The van der Waals surface area contributed by atoms with E-state index in [1.807, 2.05) is 32.2 Å². The summed E-state index contributed by atoms with van der Waals surface area (Å²) >= 11 is 2.29. The SMILES string of the molecule is CNc1nc(-c2cccc(C)n2)nc(C(C)C)c1I. The highest BCUT2D eigenvalue weighted by Crippen LogP contribution is 2.27. The molecule has 5 heteroatoms. The molecule has 0 atom stereocenters. The van der Waals surface area contributed by atoms with Gasteiger partial charge in [-0.15, -0.1) is 0 Å². The van der Waals surface area contributed by atoms with Crippen LogP contribution in [-0.2, 0) is 0 Å². The zero-order valence-electron chi connectivity index (χ0n) is 11.5. The molecule has 0 bridgehead atoms. The molecule has 19 heavy (non-hydrogen) atoms. The summed E-state index contributed by atoms with van der Waals surface area (Å²) in [7, 11) is 1.88. The summed E-state index contributed by atoms with van der Waals surface area (Å²) in [5.41, 5.74) is 2.84. The summed E-state index contributed by atoms with van der Waals surface area (Å²) in [6.45, 7) is 6.24. The molecule has 2 rings (SSSR count). The zero-order valence-corrected chi connectivity index (χ0v) is 13.7. The number of nitrogens with zero attached hydrogens (tertiary/aromatic N) is 3. The van der Waals surface area contributed by atoms with Gasteiger partial charge in [0.1, 0.15) is 11.5 Å². The fraction of sp³-hybridized carbons (Fsp3) is 0.357. The van der Waals surface area contributed by atoms with Crippen LogP contribution < -0.4 is 5.32 Å². The van der Waals surface area contributed by atoms with Gasteiger partial charge in [-0.05, 0) is 47.6 Å². The number of hydrogen-bond acceptors (Lipinski definition) is 4. The molecular weight excluding hydrogens is 351 g/mol. The Labute approximate surface area is 127 Å². The summed E-state index contributed by atoms with van der Waals surface area (Å²) in [4.78, 5) is 13.7. The second-order valence-electron chi connectivity index (χ2n) is 4.66. The summed E-state index contributed by atoms with van der Waals surface area (Å²) < 4.78 is 1.08. The first-order valence-electron chi connectivity index (χ1n) is 6.22. The second-order valence-corrected chi connectivity index (χ2v) is 5.74. The third-order valence-electron chi connectivity index (χ3n) is 2.78. The molecule has 2 aromatic rings. The van der Waals surface area contributed by atoms with Gasteiger partial charge >= 0.3 is 0 Å². The van der Waals surface area contributed by atoms with Gasteiger partial charge in [0.15, 0.2) is 5.82 Å². The molecule has 0 aliphatic rings. The van der Waals surface area contributed by atoms with Gasteiger partial charge in [-0.3, -0.25) is 0 Å². The fourth-order valence-corrected chi connectivity index (χ4v) is 2.93. The lowest BCUT2D eigenvalue weighted by molar-refractivity contribution is 0.808.